The number of amides is 1. The van der Waals surface area contributed by atoms with E-state index < -0.39 is 6.10 Å². The number of carbonyl (C=O) groups is 1. The van der Waals surface area contributed by atoms with Crippen LogP contribution < -0.4 is 10.1 Å². The lowest BCUT2D eigenvalue weighted by atomic mass is 10.1. The van der Waals surface area contributed by atoms with E-state index in [0.29, 0.717) is 5.75 Å². The van der Waals surface area contributed by atoms with Crippen LogP contribution >= 0.6 is 27.5 Å². The first-order chi connectivity index (χ1) is 10.4. The van der Waals surface area contributed by atoms with Crippen molar-refractivity contribution >= 4 is 39.1 Å². The van der Waals surface area contributed by atoms with Crippen molar-refractivity contribution in [2.45, 2.75) is 26.9 Å². The van der Waals surface area contributed by atoms with E-state index in [1.807, 2.05) is 50.2 Å². The first kappa shape index (κ1) is 16.8. The summed E-state index contributed by atoms with van der Waals surface area (Å²) in [6, 6.07) is 11.0. The normalized spacial score (nSPS) is 11.9. The molecule has 22 heavy (non-hydrogen) atoms. The lowest BCUT2D eigenvalue weighted by Crippen LogP contribution is -2.30. The number of hydrogen-bond donors (Lipinski definition) is 1. The van der Waals surface area contributed by atoms with Crippen molar-refractivity contribution in [2.75, 3.05) is 5.32 Å². The van der Waals surface area contributed by atoms with E-state index in [9.17, 15) is 4.79 Å². The zero-order chi connectivity index (χ0) is 16.3. The molecule has 0 unspecified atom stereocenters. The second-order valence-electron chi connectivity index (χ2n) is 5.13. The van der Waals surface area contributed by atoms with Crippen LogP contribution in [0.5, 0.6) is 5.75 Å². The molecule has 0 fully saturated rings. The standard InChI is InChI=1S/C17H17BrClNO2/c1-10-8-15(9-11(2)16(10)19)22-12(3)17(21)20-14-6-4-13(18)5-7-14/h4-9,12H,1-3H3,(H,20,21)/t12-/m0/s1. The number of nitrogens with one attached hydrogen (secondary N) is 1. The maximum atomic E-state index is 12.2. The molecule has 2 rings (SSSR count). The Morgan fingerprint density at radius 2 is 1.73 bits per heavy atom. The smallest absolute Gasteiger partial charge is 0.265 e. The van der Waals surface area contributed by atoms with Gasteiger partial charge in [0.15, 0.2) is 6.10 Å². The number of hydrogen-bond acceptors (Lipinski definition) is 2. The Bertz CT molecular complexity index is 663. The van der Waals surface area contributed by atoms with Gasteiger partial charge in [0.05, 0.1) is 0 Å². The van der Waals surface area contributed by atoms with E-state index in [1.54, 1.807) is 6.92 Å². The fourth-order valence-corrected chi connectivity index (χ4v) is 2.38. The number of benzene rings is 2. The van der Waals surface area contributed by atoms with Crippen molar-refractivity contribution < 1.29 is 9.53 Å². The highest BCUT2D eigenvalue weighted by Crippen LogP contribution is 2.26. The van der Waals surface area contributed by atoms with Gasteiger partial charge in [0, 0.05) is 15.2 Å². The van der Waals surface area contributed by atoms with Gasteiger partial charge < -0.3 is 10.1 Å². The van der Waals surface area contributed by atoms with Crippen LogP contribution in [0.25, 0.3) is 0 Å². The average molecular weight is 383 g/mol. The van der Waals surface area contributed by atoms with Crippen LogP contribution in [-0.2, 0) is 4.79 Å². The second-order valence-corrected chi connectivity index (χ2v) is 6.42. The Labute approximate surface area is 143 Å². The first-order valence-corrected chi connectivity index (χ1v) is 8.03. The summed E-state index contributed by atoms with van der Waals surface area (Å²) in [4.78, 5) is 12.2. The van der Waals surface area contributed by atoms with Gasteiger partial charge in [0.2, 0.25) is 0 Å². The highest BCUT2D eigenvalue weighted by Gasteiger charge is 2.15. The van der Waals surface area contributed by atoms with Gasteiger partial charge in [-0.1, -0.05) is 27.5 Å². The predicted molar refractivity (Wildman–Crippen MR) is 93.8 cm³/mol. The summed E-state index contributed by atoms with van der Waals surface area (Å²) in [6.45, 7) is 5.54. The lowest BCUT2D eigenvalue weighted by molar-refractivity contribution is -0.122. The molecule has 1 N–H and O–H groups in total. The van der Waals surface area contributed by atoms with E-state index in [-0.39, 0.29) is 5.91 Å². The molecule has 2 aromatic rings. The van der Waals surface area contributed by atoms with Gasteiger partial charge in [-0.2, -0.15) is 0 Å². The minimum atomic E-state index is -0.608. The van der Waals surface area contributed by atoms with Crippen molar-refractivity contribution in [2.24, 2.45) is 0 Å². The Balaban J connectivity index is 2.03. The zero-order valence-corrected chi connectivity index (χ0v) is 15.0. The fourth-order valence-electron chi connectivity index (χ4n) is 2.01. The van der Waals surface area contributed by atoms with Gasteiger partial charge in [-0.05, 0) is 68.3 Å². The van der Waals surface area contributed by atoms with Crippen LogP contribution in [0, 0.1) is 13.8 Å². The van der Waals surface area contributed by atoms with Gasteiger partial charge >= 0.3 is 0 Å². The van der Waals surface area contributed by atoms with Crippen LogP contribution in [0.3, 0.4) is 0 Å². The molecule has 1 atom stereocenters. The number of rotatable bonds is 4. The van der Waals surface area contributed by atoms with Crippen LogP contribution in [0.1, 0.15) is 18.1 Å². The maximum Gasteiger partial charge on any atom is 0.265 e. The molecule has 0 aliphatic carbocycles. The highest BCUT2D eigenvalue weighted by atomic mass is 79.9. The molecule has 0 bridgehead atoms. The van der Waals surface area contributed by atoms with Crippen molar-refractivity contribution in [3.63, 3.8) is 0 Å². The highest BCUT2D eigenvalue weighted by molar-refractivity contribution is 9.10. The van der Waals surface area contributed by atoms with Crippen LogP contribution in [-0.4, -0.2) is 12.0 Å². The summed E-state index contributed by atoms with van der Waals surface area (Å²) in [5.74, 6) is 0.436. The third-order valence-corrected chi connectivity index (χ3v) is 4.33. The largest absolute Gasteiger partial charge is 0.481 e. The number of aryl methyl sites for hydroxylation is 2. The van der Waals surface area contributed by atoms with Crippen molar-refractivity contribution in [1.29, 1.82) is 0 Å². The van der Waals surface area contributed by atoms with Crippen LogP contribution in [0.2, 0.25) is 5.02 Å². The summed E-state index contributed by atoms with van der Waals surface area (Å²) in [7, 11) is 0. The molecule has 0 saturated heterocycles. The topological polar surface area (TPSA) is 38.3 Å². The molecule has 3 nitrogen and oxygen atoms in total. The van der Waals surface area contributed by atoms with Crippen molar-refractivity contribution in [3.05, 3.63) is 57.0 Å². The molecule has 116 valence electrons. The molecular weight excluding hydrogens is 366 g/mol. The SMILES string of the molecule is Cc1cc(O[C@@H](C)C(=O)Nc2ccc(Br)cc2)cc(C)c1Cl. The summed E-state index contributed by atoms with van der Waals surface area (Å²) in [5, 5.41) is 3.54. The first-order valence-electron chi connectivity index (χ1n) is 6.86. The Kier molecular flexibility index (Phi) is 5.48. The van der Waals surface area contributed by atoms with E-state index in [0.717, 1.165) is 26.3 Å². The van der Waals surface area contributed by atoms with Gasteiger partial charge in [0.1, 0.15) is 5.75 Å². The van der Waals surface area contributed by atoms with Gasteiger partial charge in [-0.25, -0.2) is 0 Å². The van der Waals surface area contributed by atoms with Gasteiger partial charge in [-0.15, -0.1) is 0 Å². The van der Waals surface area contributed by atoms with E-state index in [2.05, 4.69) is 21.2 Å². The summed E-state index contributed by atoms with van der Waals surface area (Å²) in [5.41, 5.74) is 2.58. The van der Waals surface area contributed by atoms with Crippen molar-refractivity contribution in [1.82, 2.24) is 0 Å². The Hall–Kier alpha value is -1.52. The molecular formula is C17H17BrClNO2. The number of anilines is 1. The molecule has 0 aliphatic rings. The monoisotopic (exact) mass is 381 g/mol. The summed E-state index contributed by atoms with van der Waals surface area (Å²) < 4.78 is 6.67. The molecule has 0 spiro atoms. The maximum absolute atomic E-state index is 12.2. The van der Waals surface area contributed by atoms with Gasteiger partial charge in [0.25, 0.3) is 5.91 Å². The molecule has 0 saturated carbocycles. The molecule has 5 heteroatoms. The third kappa shape index (κ3) is 4.24. The number of carbonyl (C=O) groups excluding carboxylic acids is 1. The number of halogens is 2. The third-order valence-electron chi connectivity index (χ3n) is 3.20. The molecule has 2 aromatic carbocycles. The Morgan fingerprint density at radius 1 is 1.18 bits per heavy atom. The van der Waals surface area contributed by atoms with E-state index >= 15 is 0 Å². The summed E-state index contributed by atoms with van der Waals surface area (Å²) >= 11 is 9.49. The molecule has 1 amide bonds. The van der Waals surface area contributed by atoms with Gasteiger partial charge in [-0.3, -0.25) is 4.79 Å². The summed E-state index contributed by atoms with van der Waals surface area (Å²) in [6.07, 6.45) is -0.608. The zero-order valence-electron chi connectivity index (χ0n) is 12.6. The minimum Gasteiger partial charge on any atom is -0.481 e. The van der Waals surface area contributed by atoms with Crippen LogP contribution in [0.15, 0.2) is 40.9 Å². The van der Waals surface area contributed by atoms with Crippen molar-refractivity contribution in [3.8, 4) is 5.75 Å². The quantitative estimate of drug-likeness (QED) is 0.796. The lowest BCUT2D eigenvalue weighted by Gasteiger charge is -2.16. The minimum absolute atomic E-state index is 0.201. The molecule has 0 aliphatic heterocycles. The second kappa shape index (κ2) is 7.16. The van der Waals surface area contributed by atoms with E-state index in [4.69, 9.17) is 16.3 Å². The molecule has 0 aromatic heterocycles. The number of ether oxygens (including phenoxy) is 1. The average Bonchev–Trinajstić information content (AvgIpc) is 2.47. The van der Waals surface area contributed by atoms with Crippen LogP contribution in [0.4, 0.5) is 5.69 Å². The van der Waals surface area contributed by atoms with E-state index in [1.165, 1.54) is 0 Å². The fraction of sp³-hybridized carbons (Fsp3) is 0.235. The molecule has 0 radical (unpaired) electrons. The Morgan fingerprint density at radius 3 is 2.27 bits per heavy atom. The predicted octanol–water partition coefficient (Wildman–Crippen LogP) is 5.13. The molecule has 0 heterocycles.